The third kappa shape index (κ3) is 3.45. The van der Waals surface area contributed by atoms with Gasteiger partial charge in [0, 0.05) is 30.6 Å². The van der Waals surface area contributed by atoms with Crippen molar-refractivity contribution < 1.29 is 4.79 Å². The molecule has 0 saturated heterocycles. The van der Waals surface area contributed by atoms with E-state index in [1.165, 1.54) is 5.56 Å². The number of carbonyl (C=O) groups excluding carboxylic acids is 1. The van der Waals surface area contributed by atoms with Gasteiger partial charge < -0.3 is 11.1 Å². The largest absolute Gasteiger partial charge is 0.328 e. The minimum absolute atomic E-state index is 0.00978. The molecule has 3 N–H and O–H groups in total. The fourth-order valence-electron chi connectivity index (χ4n) is 3.27. The van der Waals surface area contributed by atoms with Crippen molar-refractivity contribution in [1.29, 1.82) is 0 Å². The summed E-state index contributed by atoms with van der Waals surface area (Å²) in [6, 6.07) is 10.2. The molecular weight excluding hydrogens is 288 g/mol. The van der Waals surface area contributed by atoms with Gasteiger partial charge in [0.2, 0.25) is 5.91 Å². The van der Waals surface area contributed by atoms with Gasteiger partial charge in [-0.1, -0.05) is 30.7 Å². The number of nitrogens with zero attached hydrogens (tertiary/aromatic N) is 2. The number of hydrogen-bond acceptors (Lipinski definition) is 3. The number of nitrogens with two attached hydrogens (primary N) is 1. The average Bonchev–Trinajstić information content (AvgIpc) is 2.88. The van der Waals surface area contributed by atoms with E-state index in [0.717, 1.165) is 42.8 Å². The lowest BCUT2D eigenvalue weighted by Gasteiger charge is -2.25. The summed E-state index contributed by atoms with van der Waals surface area (Å²) >= 11 is 0. The second-order valence-electron chi connectivity index (χ2n) is 6.47. The first-order valence-electron chi connectivity index (χ1n) is 8.21. The van der Waals surface area contributed by atoms with Crippen LogP contribution >= 0.6 is 0 Å². The number of carbonyl (C=O) groups is 1. The molecule has 1 fully saturated rings. The number of aromatic nitrogens is 2. The number of aryl methyl sites for hydroxylation is 2. The lowest BCUT2D eigenvalue weighted by Crippen LogP contribution is -2.34. The predicted molar refractivity (Wildman–Crippen MR) is 91.9 cm³/mol. The molecule has 1 saturated carbocycles. The average molecular weight is 312 g/mol. The highest BCUT2D eigenvalue weighted by atomic mass is 16.2. The Labute approximate surface area is 136 Å². The van der Waals surface area contributed by atoms with Crippen molar-refractivity contribution in [2.24, 2.45) is 18.7 Å². The first-order valence-corrected chi connectivity index (χ1v) is 8.21. The lowest BCUT2D eigenvalue weighted by atomic mass is 9.85. The van der Waals surface area contributed by atoms with E-state index < -0.39 is 0 Å². The Morgan fingerprint density at radius 1 is 1.35 bits per heavy atom. The van der Waals surface area contributed by atoms with Gasteiger partial charge in [0.1, 0.15) is 5.82 Å². The highest BCUT2D eigenvalue weighted by molar-refractivity contribution is 5.92. The molecule has 2 atom stereocenters. The van der Waals surface area contributed by atoms with Gasteiger partial charge in [-0.15, -0.1) is 0 Å². The SMILES string of the molecule is Cc1ccccc1-c1cc(NC(=O)C2CCCC(N)C2)n(C)n1. The van der Waals surface area contributed by atoms with E-state index in [9.17, 15) is 4.79 Å². The van der Waals surface area contributed by atoms with Crippen LogP contribution < -0.4 is 11.1 Å². The van der Waals surface area contributed by atoms with Crippen LogP contribution in [0.3, 0.4) is 0 Å². The molecule has 1 aromatic carbocycles. The summed E-state index contributed by atoms with van der Waals surface area (Å²) < 4.78 is 1.72. The summed E-state index contributed by atoms with van der Waals surface area (Å²) in [5, 5.41) is 7.55. The molecule has 0 aliphatic heterocycles. The Bertz CT molecular complexity index is 707. The van der Waals surface area contributed by atoms with E-state index in [0.29, 0.717) is 0 Å². The third-order valence-electron chi connectivity index (χ3n) is 4.64. The molecular formula is C18H24N4O. The van der Waals surface area contributed by atoms with E-state index in [1.54, 1.807) is 4.68 Å². The van der Waals surface area contributed by atoms with E-state index in [-0.39, 0.29) is 17.9 Å². The zero-order chi connectivity index (χ0) is 16.4. The Morgan fingerprint density at radius 2 is 2.13 bits per heavy atom. The van der Waals surface area contributed by atoms with Gasteiger partial charge in [-0.2, -0.15) is 5.10 Å². The van der Waals surface area contributed by atoms with Gasteiger partial charge in [-0.25, -0.2) is 0 Å². The molecule has 5 nitrogen and oxygen atoms in total. The fraction of sp³-hybridized carbons (Fsp3) is 0.444. The van der Waals surface area contributed by atoms with Gasteiger partial charge in [0.15, 0.2) is 0 Å². The first kappa shape index (κ1) is 15.7. The van der Waals surface area contributed by atoms with Crippen molar-refractivity contribution in [3.63, 3.8) is 0 Å². The van der Waals surface area contributed by atoms with Crippen molar-refractivity contribution in [2.45, 2.75) is 38.6 Å². The van der Waals surface area contributed by atoms with Gasteiger partial charge in [0.05, 0.1) is 5.69 Å². The van der Waals surface area contributed by atoms with Gasteiger partial charge in [-0.05, 0) is 31.7 Å². The molecule has 5 heteroatoms. The molecule has 122 valence electrons. The number of benzene rings is 1. The molecule has 0 spiro atoms. The van der Waals surface area contributed by atoms with Crippen LogP contribution in [0.1, 0.15) is 31.2 Å². The Hall–Kier alpha value is -2.14. The predicted octanol–water partition coefficient (Wildman–Crippen LogP) is 2.85. The second kappa shape index (κ2) is 6.54. The van der Waals surface area contributed by atoms with Crippen LogP contribution in [0.25, 0.3) is 11.3 Å². The first-order chi connectivity index (χ1) is 11.0. The van der Waals surface area contributed by atoms with Crippen LogP contribution in [0.2, 0.25) is 0 Å². The maximum Gasteiger partial charge on any atom is 0.228 e. The van der Waals surface area contributed by atoms with Crippen LogP contribution in [0.5, 0.6) is 0 Å². The standard InChI is InChI=1S/C18H24N4O/c1-12-6-3-4-9-15(12)16-11-17(22(2)21-16)20-18(23)13-7-5-8-14(19)10-13/h3-4,6,9,11,13-14H,5,7-8,10,19H2,1-2H3,(H,20,23). The van der Waals surface area contributed by atoms with Gasteiger partial charge in [-0.3, -0.25) is 9.48 Å². The second-order valence-corrected chi connectivity index (χ2v) is 6.47. The summed E-state index contributed by atoms with van der Waals surface area (Å²) in [4.78, 5) is 12.5. The number of hydrogen-bond donors (Lipinski definition) is 2. The van der Waals surface area contributed by atoms with E-state index >= 15 is 0 Å². The molecule has 0 radical (unpaired) electrons. The molecule has 1 aliphatic rings. The summed E-state index contributed by atoms with van der Waals surface area (Å²) in [5.41, 5.74) is 9.12. The van der Waals surface area contributed by atoms with Crippen LogP contribution in [0.15, 0.2) is 30.3 Å². The smallest absolute Gasteiger partial charge is 0.228 e. The topological polar surface area (TPSA) is 72.9 Å². The molecule has 2 aromatic rings. The number of nitrogens with one attached hydrogen (secondary N) is 1. The van der Waals surface area contributed by atoms with Crippen molar-refractivity contribution in [3.8, 4) is 11.3 Å². The zero-order valence-corrected chi connectivity index (χ0v) is 13.7. The highest BCUT2D eigenvalue weighted by Gasteiger charge is 2.26. The maximum absolute atomic E-state index is 12.5. The van der Waals surface area contributed by atoms with Crippen LogP contribution in [-0.4, -0.2) is 21.7 Å². The van der Waals surface area contributed by atoms with Gasteiger partial charge in [0.25, 0.3) is 0 Å². The number of amides is 1. The zero-order valence-electron chi connectivity index (χ0n) is 13.7. The minimum atomic E-state index is 0.00978. The summed E-state index contributed by atoms with van der Waals surface area (Å²) in [7, 11) is 1.85. The lowest BCUT2D eigenvalue weighted by molar-refractivity contribution is -0.120. The summed E-state index contributed by atoms with van der Waals surface area (Å²) in [5.74, 6) is 0.794. The monoisotopic (exact) mass is 312 g/mol. The highest BCUT2D eigenvalue weighted by Crippen LogP contribution is 2.27. The van der Waals surface area contributed by atoms with Crippen LogP contribution in [0, 0.1) is 12.8 Å². The fourth-order valence-corrected chi connectivity index (χ4v) is 3.27. The van der Waals surface area contributed by atoms with E-state index in [4.69, 9.17) is 5.73 Å². The molecule has 2 unspecified atom stereocenters. The summed E-state index contributed by atoms with van der Waals surface area (Å²) in [6.07, 6.45) is 3.74. The van der Waals surface area contributed by atoms with Gasteiger partial charge >= 0.3 is 0 Å². The minimum Gasteiger partial charge on any atom is -0.328 e. The molecule has 3 rings (SSSR count). The molecule has 1 aromatic heterocycles. The van der Waals surface area contributed by atoms with E-state index in [2.05, 4.69) is 23.4 Å². The van der Waals surface area contributed by atoms with Crippen molar-refractivity contribution in [2.75, 3.05) is 5.32 Å². The molecule has 1 amide bonds. The van der Waals surface area contributed by atoms with Crippen molar-refractivity contribution in [1.82, 2.24) is 9.78 Å². The maximum atomic E-state index is 12.5. The molecule has 0 bridgehead atoms. The number of anilines is 1. The Kier molecular flexibility index (Phi) is 4.48. The molecule has 23 heavy (non-hydrogen) atoms. The van der Waals surface area contributed by atoms with Crippen LogP contribution in [0.4, 0.5) is 5.82 Å². The third-order valence-corrected chi connectivity index (χ3v) is 4.64. The van der Waals surface area contributed by atoms with Crippen LogP contribution in [-0.2, 0) is 11.8 Å². The Morgan fingerprint density at radius 3 is 2.87 bits per heavy atom. The summed E-state index contributed by atoms with van der Waals surface area (Å²) in [6.45, 7) is 2.06. The molecule has 1 aliphatic carbocycles. The normalized spacial score (nSPS) is 21.2. The van der Waals surface area contributed by atoms with Crippen molar-refractivity contribution >= 4 is 11.7 Å². The number of rotatable bonds is 3. The van der Waals surface area contributed by atoms with E-state index in [1.807, 2.05) is 31.3 Å². The molecule has 1 heterocycles. The van der Waals surface area contributed by atoms with Crippen molar-refractivity contribution in [3.05, 3.63) is 35.9 Å². The Balaban J connectivity index is 1.76. The quantitative estimate of drug-likeness (QED) is 0.915.